The summed E-state index contributed by atoms with van der Waals surface area (Å²) in [5.41, 5.74) is 8.57. The van der Waals surface area contributed by atoms with E-state index in [0.29, 0.717) is 40.6 Å². The molecule has 0 aliphatic heterocycles. The number of rotatable bonds is 10. The maximum absolute atomic E-state index is 11.9. The highest BCUT2D eigenvalue weighted by Gasteiger charge is 2.23. The first-order valence-electron chi connectivity index (χ1n) is 11.7. The van der Waals surface area contributed by atoms with Crippen LogP contribution in [-0.2, 0) is 24.4 Å². The Balaban J connectivity index is 1.21. The van der Waals surface area contributed by atoms with Gasteiger partial charge >= 0.3 is 5.97 Å². The Morgan fingerprint density at radius 1 is 1.05 bits per heavy atom. The number of ether oxygens (including phenoxy) is 1. The summed E-state index contributed by atoms with van der Waals surface area (Å²) in [6, 6.07) is 18.3. The molecule has 1 unspecified atom stereocenters. The lowest BCUT2D eigenvalue weighted by Gasteiger charge is -2.09. The fourth-order valence-electron chi connectivity index (χ4n) is 3.79. The van der Waals surface area contributed by atoms with E-state index in [4.69, 9.17) is 26.6 Å². The van der Waals surface area contributed by atoms with Gasteiger partial charge in [0.2, 0.25) is 11.7 Å². The molecule has 0 saturated heterocycles. The Morgan fingerprint density at radius 2 is 1.82 bits per heavy atom. The second kappa shape index (κ2) is 11.1. The fourth-order valence-corrected chi connectivity index (χ4v) is 3.92. The summed E-state index contributed by atoms with van der Waals surface area (Å²) in [7, 11) is 0. The molecule has 38 heavy (non-hydrogen) atoms. The molecule has 11 heteroatoms. The molecule has 0 aliphatic rings. The van der Waals surface area contributed by atoms with Crippen LogP contribution in [0.2, 0.25) is 5.02 Å². The summed E-state index contributed by atoms with van der Waals surface area (Å²) in [6.45, 7) is 0.674. The van der Waals surface area contributed by atoms with Crippen LogP contribution < -0.4 is 10.5 Å². The minimum absolute atomic E-state index is 0.240. The van der Waals surface area contributed by atoms with Gasteiger partial charge in [0, 0.05) is 23.0 Å². The molecular formula is C27H23ClN6O4. The number of hydrogen-bond donors (Lipinski definition) is 2. The minimum Gasteiger partial charge on any atom is -0.489 e. The van der Waals surface area contributed by atoms with Crippen LogP contribution in [0.25, 0.3) is 11.4 Å². The highest BCUT2D eigenvalue weighted by Crippen LogP contribution is 2.23. The Kier molecular flexibility index (Phi) is 7.32. The van der Waals surface area contributed by atoms with Gasteiger partial charge in [-0.1, -0.05) is 35.0 Å². The van der Waals surface area contributed by atoms with E-state index < -0.39 is 11.9 Å². The first kappa shape index (κ1) is 25.0. The Morgan fingerprint density at radius 3 is 2.53 bits per heavy atom. The summed E-state index contributed by atoms with van der Waals surface area (Å²) in [6.07, 6.45) is 5.02. The summed E-state index contributed by atoms with van der Waals surface area (Å²) in [5.74, 6) is 0.0712. The van der Waals surface area contributed by atoms with Crippen molar-refractivity contribution in [3.05, 3.63) is 107 Å². The van der Waals surface area contributed by atoms with Crippen molar-refractivity contribution in [2.45, 2.75) is 25.5 Å². The summed E-state index contributed by atoms with van der Waals surface area (Å²) in [5, 5.41) is 14.5. The topological polar surface area (TPSA) is 142 Å². The van der Waals surface area contributed by atoms with Crippen LogP contribution in [-0.4, -0.2) is 35.8 Å². The van der Waals surface area contributed by atoms with Crippen LogP contribution in [0.4, 0.5) is 5.82 Å². The first-order chi connectivity index (χ1) is 18.4. The standard InChI is InChI=1S/C27H23ClN6O4/c28-20-6-1-17(2-7-20)15-37-21-8-4-19(5-9-21)26-32-25(38-33-26)14-34-13-23(31-16-34)22(27(35)36)11-18-3-10-24(29)30-12-18/h1-10,12-13,16,22H,11,14-15H2,(H2,29,30)(H,35,36). The van der Waals surface area contributed by atoms with Gasteiger partial charge in [0.1, 0.15) is 30.6 Å². The third-order valence-corrected chi connectivity index (χ3v) is 6.06. The van der Waals surface area contributed by atoms with Crippen LogP contribution in [0.1, 0.15) is 28.6 Å². The number of nitrogens with zero attached hydrogens (tertiary/aromatic N) is 5. The van der Waals surface area contributed by atoms with Crippen LogP contribution in [0.5, 0.6) is 5.75 Å². The SMILES string of the molecule is Nc1ccc(CC(C(=O)O)c2cn(Cc3nc(-c4ccc(OCc5ccc(Cl)cc5)cc4)no3)cn2)cn1. The average molecular weight is 531 g/mol. The number of carboxylic acids is 1. The zero-order valence-electron chi connectivity index (χ0n) is 20.1. The second-order valence-electron chi connectivity index (χ2n) is 8.61. The maximum Gasteiger partial charge on any atom is 0.312 e. The number of hydrogen-bond acceptors (Lipinski definition) is 8. The van der Waals surface area contributed by atoms with Gasteiger partial charge in [0.15, 0.2) is 0 Å². The molecule has 5 aromatic rings. The number of carboxylic acid groups (broad SMARTS) is 1. The number of pyridine rings is 1. The van der Waals surface area contributed by atoms with Gasteiger partial charge in [0.25, 0.3) is 0 Å². The monoisotopic (exact) mass is 530 g/mol. The van der Waals surface area contributed by atoms with Crippen molar-refractivity contribution in [2.24, 2.45) is 0 Å². The van der Waals surface area contributed by atoms with E-state index in [1.54, 1.807) is 35.4 Å². The summed E-state index contributed by atoms with van der Waals surface area (Å²) in [4.78, 5) is 24.7. The molecule has 0 radical (unpaired) electrons. The molecule has 2 aromatic carbocycles. The number of nitrogens with two attached hydrogens (primary N) is 1. The Labute approximate surface area is 222 Å². The molecule has 3 N–H and O–H groups in total. The number of imidazole rings is 1. The van der Waals surface area contributed by atoms with Crippen LogP contribution >= 0.6 is 11.6 Å². The number of carbonyl (C=O) groups is 1. The Hall–Kier alpha value is -4.70. The molecule has 0 aliphatic carbocycles. The number of benzene rings is 2. The van der Waals surface area contributed by atoms with Crippen molar-refractivity contribution in [3.63, 3.8) is 0 Å². The van der Waals surface area contributed by atoms with E-state index in [0.717, 1.165) is 16.7 Å². The van der Waals surface area contributed by atoms with Crippen molar-refractivity contribution in [3.8, 4) is 17.1 Å². The minimum atomic E-state index is -0.979. The normalized spacial score (nSPS) is 11.8. The fraction of sp³-hybridized carbons (Fsp3) is 0.148. The maximum atomic E-state index is 11.9. The lowest BCUT2D eigenvalue weighted by atomic mass is 9.98. The lowest BCUT2D eigenvalue weighted by molar-refractivity contribution is -0.138. The highest BCUT2D eigenvalue weighted by molar-refractivity contribution is 6.30. The number of nitrogen functional groups attached to an aromatic ring is 1. The number of halogens is 1. The zero-order valence-corrected chi connectivity index (χ0v) is 20.8. The number of aliphatic carboxylic acids is 1. The summed E-state index contributed by atoms with van der Waals surface area (Å²) < 4.78 is 12.9. The smallest absolute Gasteiger partial charge is 0.312 e. The van der Waals surface area contributed by atoms with Gasteiger partial charge in [-0.15, -0.1) is 0 Å². The van der Waals surface area contributed by atoms with Gasteiger partial charge in [-0.3, -0.25) is 4.79 Å². The van der Waals surface area contributed by atoms with Crippen LogP contribution in [0, 0.1) is 0 Å². The quantitative estimate of drug-likeness (QED) is 0.265. The third kappa shape index (κ3) is 6.16. The van der Waals surface area contributed by atoms with E-state index in [-0.39, 0.29) is 13.0 Å². The molecule has 10 nitrogen and oxygen atoms in total. The molecule has 0 fully saturated rings. The van der Waals surface area contributed by atoms with Gasteiger partial charge in [-0.05, 0) is 60.0 Å². The molecule has 3 heterocycles. The van der Waals surface area contributed by atoms with Crippen LogP contribution in [0.3, 0.4) is 0 Å². The van der Waals surface area contributed by atoms with Crippen molar-refractivity contribution >= 4 is 23.4 Å². The van der Waals surface area contributed by atoms with Crippen molar-refractivity contribution in [2.75, 3.05) is 5.73 Å². The predicted molar refractivity (Wildman–Crippen MR) is 140 cm³/mol. The molecule has 0 bridgehead atoms. The predicted octanol–water partition coefficient (Wildman–Crippen LogP) is 4.60. The first-order valence-corrected chi connectivity index (χ1v) is 12.1. The Bertz CT molecular complexity index is 1510. The van der Waals surface area contributed by atoms with E-state index in [1.807, 2.05) is 48.5 Å². The molecule has 1 atom stereocenters. The zero-order chi connectivity index (χ0) is 26.5. The van der Waals surface area contributed by atoms with E-state index in [1.165, 1.54) is 0 Å². The van der Waals surface area contributed by atoms with Gasteiger partial charge in [0.05, 0.1) is 12.0 Å². The molecule has 5 rings (SSSR count). The second-order valence-corrected chi connectivity index (χ2v) is 9.04. The number of anilines is 1. The molecule has 3 aromatic heterocycles. The highest BCUT2D eigenvalue weighted by atomic mass is 35.5. The van der Waals surface area contributed by atoms with Gasteiger partial charge in [-0.25, -0.2) is 9.97 Å². The molecular weight excluding hydrogens is 508 g/mol. The molecule has 192 valence electrons. The molecule has 0 amide bonds. The van der Waals surface area contributed by atoms with Crippen molar-refractivity contribution in [1.82, 2.24) is 24.7 Å². The van der Waals surface area contributed by atoms with Gasteiger partial charge < -0.3 is 24.7 Å². The molecule has 0 spiro atoms. The average Bonchev–Trinajstić information content (AvgIpc) is 3.58. The van der Waals surface area contributed by atoms with Crippen molar-refractivity contribution < 1.29 is 19.2 Å². The van der Waals surface area contributed by atoms with E-state index >= 15 is 0 Å². The van der Waals surface area contributed by atoms with Crippen molar-refractivity contribution in [1.29, 1.82) is 0 Å². The van der Waals surface area contributed by atoms with Gasteiger partial charge in [-0.2, -0.15) is 4.98 Å². The van der Waals surface area contributed by atoms with E-state index in [2.05, 4.69) is 20.1 Å². The van der Waals surface area contributed by atoms with E-state index in [9.17, 15) is 9.90 Å². The lowest BCUT2D eigenvalue weighted by Crippen LogP contribution is -2.15. The van der Waals surface area contributed by atoms with Crippen LogP contribution in [0.15, 0.2) is 83.9 Å². The largest absolute Gasteiger partial charge is 0.489 e. The molecule has 0 saturated carbocycles. The summed E-state index contributed by atoms with van der Waals surface area (Å²) >= 11 is 5.92. The number of aromatic nitrogens is 5. The third-order valence-electron chi connectivity index (χ3n) is 5.81.